The molecular formula is C15H29N3O2S. The van der Waals surface area contributed by atoms with E-state index < -0.39 is 10.0 Å². The fraction of sp³-hybridized carbons (Fsp3) is 1.00. The van der Waals surface area contributed by atoms with E-state index in [2.05, 4.69) is 10.2 Å². The maximum atomic E-state index is 12.6. The van der Waals surface area contributed by atoms with E-state index in [4.69, 9.17) is 0 Å². The van der Waals surface area contributed by atoms with Crippen LogP contribution in [-0.4, -0.2) is 68.7 Å². The summed E-state index contributed by atoms with van der Waals surface area (Å²) in [6.45, 7) is 5.67. The van der Waals surface area contributed by atoms with Crippen LogP contribution in [0.4, 0.5) is 0 Å². The number of likely N-dealkylation sites (tertiary alicyclic amines) is 1. The average molecular weight is 315 g/mol. The molecule has 3 fully saturated rings. The smallest absolute Gasteiger partial charge is 0.214 e. The lowest BCUT2D eigenvalue weighted by molar-refractivity contribution is 0.169. The monoisotopic (exact) mass is 315 g/mol. The molecule has 0 bridgehead atoms. The number of nitrogens with one attached hydrogen (secondary N) is 1. The zero-order chi connectivity index (χ0) is 14.7. The summed E-state index contributed by atoms with van der Waals surface area (Å²) in [5, 5.41) is 3.32. The van der Waals surface area contributed by atoms with Gasteiger partial charge in [-0.3, -0.25) is 4.90 Å². The molecule has 0 radical (unpaired) electrons. The summed E-state index contributed by atoms with van der Waals surface area (Å²) in [6, 6.07) is 0.463. The molecule has 2 atom stereocenters. The minimum absolute atomic E-state index is 0.304. The van der Waals surface area contributed by atoms with Crippen LogP contribution in [0.5, 0.6) is 0 Å². The third-order valence-corrected chi connectivity index (χ3v) is 7.28. The van der Waals surface area contributed by atoms with Crippen LogP contribution in [0.25, 0.3) is 0 Å². The molecule has 0 spiro atoms. The van der Waals surface area contributed by atoms with Crippen molar-refractivity contribution in [2.24, 2.45) is 5.92 Å². The second kappa shape index (κ2) is 6.94. The molecule has 0 aromatic heterocycles. The molecule has 122 valence electrons. The normalized spacial score (nSPS) is 33.3. The van der Waals surface area contributed by atoms with Crippen LogP contribution in [0.1, 0.15) is 38.5 Å². The third kappa shape index (κ3) is 3.97. The van der Waals surface area contributed by atoms with Crippen molar-refractivity contribution < 1.29 is 8.42 Å². The van der Waals surface area contributed by atoms with Crippen LogP contribution in [0.2, 0.25) is 0 Å². The highest BCUT2D eigenvalue weighted by atomic mass is 32.2. The van der Waals surface area contributed by atoms with Gasteiger partial charge in [0.1, 0.15) is 0 Å². The Kier molecular flexibility index (Phi) is 5.19. The van der Waals surface area contributed by atoms with E-state index in [1.807, 2.05) is 0 Å². The van der Waals surface area contributed by atoms with E-state index >= 15 is 0 Å². The number of hydrogen-bond donors (Lipinski definition) is 1. The molecule has 0 amide bonds. The predicted octanol–water partition coefficient (Wildman–Crippen LogP) is 0.876. The Labute approximate surface area is 129 Å². The van der Waals surface area contributed by atoms with Gasteiger partial charge in [0.2, 0.25) is 10.0 Å². The fourth-order valence-corrected chi connectivity index (χ4v) is 5.89. The lowest BCUT2D eigenvalue weighted by Crippen LogP contribution is -2.43. The van der Waals surface area contributed by atoms with Gasteiger partial charge in [0.15, 0.2) is 0 Å². The van der Waals surface area contributed by atoms with E-state index in [-0.39, 0.29) is 0 Å². The Bertz CT molecular complexity index is 428. The van der Waals surface area contributed by atoms with Crippen LogP contribution in [0.15, 0.2) is 0 Å². The Hall–Kier alpha value is -0.170. The first kappa shape index (κ1) is 15.7. The Morgan fingerprint density at radius 2 is 1.81 bits per heavy atom. The van der Waals surface area contributed by atoms with E-state index in [1.165, 1.54) is 19.3 Å². The van der Waals surface area contributed by atoms with Crippen molar-refractivity contribution in [3.05, 3.63) is 0 Å². The van der Waals surface area contributed by atoms with Crippen molar-refractivity contribution in [2.75, 3.05) is 45.0 Å². The topological polar surface area (TPSA) is 52.7 Å². The van der Waals surface area contributed by atoms with Gasteiger partial charge >= 0.3 is 0 Å². The van der Waals surface area contributed by atoms with Crippen molar-refractivity contribution in [2.45, 2.75) is 44.6 Å². The summed E-state index contributed by atoms with van der Waals surface area (Å²) in [4.78, 5) is 2.52. The van der Waals surface area contributed by atoms with Crippen LogP contribution in [0, 0.1) is 5.92 Å². The second-order valence-electron chi connectivity index (χ2n) is 6.89. The quantitative estimate of drug-likeness (QED) is 0.837. The molecule has 3 aliphatic heterocycles. The zero-order valence-corrected chi connectivity index (χ0v) is 13.8. The molecule has 2 unspecified atom stereocenters. The first-order valence-corrected chi connectivity index (χ1v) is 10.2. The molecule has 6 heteroatoms. The Morgan fingerprint density at radius 3 is 2.52 bits per heavy atom. The van der Waals surface area contributed by atoms with Crippen molar-refractivity contribution >= 4 is 10.0 Å². The van der Waals surface area contributed by atoms with Gasteiger partial charge in [-0.15, -0.1) is 0 Å². The van der Waals surface area contributed by atoms with Gasteiger partial charge in [-0.25, -0.2) is 12.7 Å². The molecule has 5 nitrogen and oxygen atoms in total. The van der Waals surface area contributed by atoms with Crippen molar-refractivity contribution in [1.29, 1.82) is 0 Å². The van der Waals surface area contributed by atoms with Gasteiger partial charge in [-0.05, 0) is 64.2 Å². The third-order valence-electron chi connectivity index (χ3n) is 5.27. The molecule has 0 aromatic rings. The molecule has 3 rings (SSSR count). The first-order chi connectivity index (χ1) is 10.1. The summed E-state index contributed by atoms with van der Waals surface area (Å²) in [5.74, 6) is 0.644. The number of hydrogen-bond acceptors (Lipinski definition) is 4. The van der Waals surface area contributed by atoms with Crippen LogP contribution in [-0.2, 0) is 10.0 Å². The van der Waals surface area contributed by atoms with Crippen molar-refractivity contribution in [3.63, 3.8) is 0 Å². The van der Waals surface area contributed by atoms with Crippen molar-refractivity contribution in [3.8, 4) is 0 Å². The maximum absolute atomic E-state index is 12.6. The van der Waals surface area contributed by atoms with E-state index in [0.717, 1.165) is 58.5 Å². The van der Waals surface area contributed by atoms with Crippen LogP contribution < -0.4 is 5.32 Å². The number of piperidine rings is 2. The van der Waals surface area contributed by atoms with Gasteiger partial charge in [0, 0.05) is 19.1 Å². The minimum Gasteiger partial charge on any atom is -0.316 e. The summed E-state index contributed by atoms with van der Waals surface area (Å²) >= 11 is 0. The molecular weight excluding hydrogens is 286 g/mol. The van der Waals surface area contributed by atoms with E-state index in [9.17, 15) is 8.42 Å². The first-order valence-electron chi connectivity index (χ1n) is 8.58. The number of sulfonamides is 1. The van der Waals surface area contributed by atoms with Gasteiger partial charge in [-0.1, -0.05) is 6.42 Å². The molecule has 0 aromatic carbocycles. The Balaban J connectivity index is 1.53. The maximum Gasteiger partial charge on any atom is 0.214 e. The molecule has 3 heterocycles. The van der Waals surface area contributed by atoms with Gasteiger partial charge in [0.05, 0.1) is 5.75 Å². The minimum atomic E-state index is -3.06. The van der Waals surface area contributed by atoms with Crippen molar-refractivity contribution in [1.82, 2.24) is 14.5 Å². The lowest BCUT2D eigenvalue weighted by atomic mass is 10.0. The summed E-state index contributed by atoms with van der Waals surface area (Å²) < 4.78 is 27.0. The van der Waals surface area contributed by atoms with E-state index in [0.29, 0.717) is 17.7 Å². The number of rotatable bonds is 4. The number of nitrogens with zero attached hydrogens (tertiary/aromatic N) is 2. The lowest BCUT2D eigenvalue weighted by Gasteiger charge is -2.32. The highest BCUT2D eigenvalue weighted by Gasteiger charge is 2.35. The molecule has 3 saturated heterocycles. The Morgan fingerprint density at radius 1 is 1.00 bits per heavy atom. The largest absolute Gasteiger partial charge is 0.316 e. The van der Waals surface area contributed by atoms with E-state index in [1.54, 1.807) is 4.31 Å². The van der Waals surface area contributed by atoms with Gasteiger partial charge < -0.3 is 5.32 Å². The fourth-order valence-electron chi connectivity index (χ4n) is 4.01. The SMILES string of the molecule is O=S(=O)(CC1CCCNC1)N1CCC(N2CCCCC2)C1. The van der Waals surface area contributed by atoms with Gasteiger partial charge in [-0.2, -0.15) is 0 Å². The highest BCUT2D eigenvalue weighted by Crippen LogP contribution is 2.24. The molecule has 1 N–H and O–H groups in total. The standard InChI is InChI=1S/C15H29N3O2S/c19-21(20,13-14-5-4-7-16-11-14)18-10-6-15(12-18)17-8-2-1-3-9-17/h14-16H,1-13H2. The zero-order valence-electron chi connectivity index (χ0n) is 13.0. The highest BCUT2D eigenvalue weighted by molar-refractivity contribution is 7.89. The molecule has 0 saturated carbocycles. The predicted molar refractivity (Wildman–Crippen MR) is 84.8 cm³/mol. The second-order valence-corrected chi connectivity index (χ2v) is 8.90. The van der Waals surface area contributed by atoms with Crippen LogP contribution >= 0.6 is 0 Å². The summed E-state index contributed by atoms with van der Waals surface area (Å²) in [6.07, 6.45) is 7.06. The summed E-state index contributed by atoms with van der Waals surface area (Å²) in [5.41, 5.74) is 0. The van der Waals surface area contributed by atoms with Crippen LogP contribution in [0.3, 0.4) is 0 Å². The molecule has 21 heavy (non-hydrogen) atoms. The molecule has 3 aliphatic rings. The van der Waals surface area contributed by atoms with Gasteiger partial charge in [0.25, 0.3) is 0 Å². The summed E-state index contributed by atoms with van der Waals surface area (Å²) in [7, 11) is -3.06. The average Bonchev–Trinajstić information content (AvgIpc) is 2.99. The molecule has 0 aliphatic carbocycles.